The molecule has 3 rings (SSSR count). The highest BCUT2D eigenvalue weighted by atomic mass is 19.4. The fourth-order valence-electron chi connectivity index (χ4n) is 8.14. The summed E-state index contributed by atoms with van der Waals surface area (Å²) in [5, 5.41) is 4.95. The third kappa shape index (κ3) is 15.4. The highest BCUT2D eigenvalue weighted by molar-refractivity contribution is 6.05. The molecule has 0 atom stereocenters. The second-order valence-electron chi connectivity index (χ2n) is 21.0. The Morgan fingerprint density at radius 3 is 0.802 bits per heavy atom. The van der Waals surface area contributed by atoms with Gasteiger partial charge in [0.1, 0.15) is 0 Å². The minimum absolute atomic E-state index is 0.0161. The number of rotatable bonds is 38. The van der Waals surface area contributed by atoms with Gasteiger partial charge in [-0.3, -0.25) is 9.59 Å². The van der Waals surface area contributed by atoms with Gasteiger partial charge in [-0.1, -0.05) is 127 Å². The van der Waals surface area contributed by atoms with Gasteiger partial charge < -0.3 is 20.1 Å². The zero-order valence-electron chi connectivity index (χ0n) is 48.5. The molecule has 0 aliphatic rings. The molecule has 0 aliphatic heterocycles. The van der Waals surface area contributed by atoms with Crippen LogP contribution in [0.5, 0.6) is 11.5 Å². The monoisotopic (exact) mass is 1460 g/mol. The van der Waals surface area contributed by atoms with Gasteiger partial charge in [-0.2, -0.15) is 149 Å². The van der Waals surface area contributed by atoms with Crippen molar-refractivity contribution >= 4 is 22.9 Å². The van der Waals surface area contributed by atoms with Crippen molar-refractivity contribution in [2.24, 2.45) is 0 Å². The minimum Gasteiger partial charge on any atom is -0.490 e. The van der Waals surface area contributed by atoms with Crippen LogP contribution >= 0.6 is 0 Å². The Kier molecular flexibility index (Phi) is 25.6. The van der Waals surface area contributed by atoms with Crippen LogP contribution in [-0.2, 0) is 11.8 Å². The van der Waals surface area contributed by atoms with E-state index < -0.39 is 153 Å². The van der Waals surface area contributed by atoms with Crippen molar-refractivity contribution in [1.82, 2.24) is 0 Å². The van der Waals surface area contributed by atoms with Gasteiger partial charge in [0.05, 0.1) is 24.6 Å². The summed E-state index contributed by atoms with van der Waals surface area (Å²) in [6.45, 7) is 3.85. The number of alkyl halides is 34. The zero-order valence-corrected chi connectivity index (χ0v) is 48.5. The molecule has 0 saturated heterocycles. The van der Waals surface area contributed by atoms with Crippen LogP contribution in [0, 0.1) is 0 Å². The van der Waals surface area contributed by atoms with Crippen LogP contribution in [0.4, 0.5) is 161 Å². The topological polar surface area (TPSA) is 76.7 Å². The predicted molar refractivity (Wildman–Crippen MR) is 271 cm³/mol. The van der Waals surface area contributed by atoms with E-state index in [-0.39, 0.29) is 60.4 Å². The van der Waals surface area contributed by atoms with Crippen molar-refractivity contribution in [3.8, 4) is 11.5 Å². The van der Waals surface area contributed by atoms with Crippen molar-refractivity contribution in [3.63, 3.8) is 0 Å². The van der Waals surface area contributed by atoms with Gasteiger partial charge in [0.25, 0.3) is 0 Å². The summed E-state index contributed by atoms with van der Waals surface area (Å²) < 4.78 is 485. The molecule has 3 aromatic carbocycles. The third-order valence-electron chi connectivity index (χ3n) is 14.0. The van der Waals surface area contributed by atoms with Crippen LogP contribution < -0.4 is 20.1 Å². The van der Waals surface area contributed by atoms with E-state index >= 15 is 17.6 Å². The maximum absolute atomic E-state index is 15.0. The number of anilines is 2. The summed E-state index contributed by atoms with van der Waals surface area (Å²) in [6, 6.07) is 0.578. The summed E-state index contributed by atoms with van der Waals surface area (Å²) in [5.74, 6) is -120. The molecular formula is C56H50F34N2O4. The minimum atomic E-state index is -8.89. The lowest BCUT2D eigenvalue weighted by molar-refractivity contribution is -0.462. The Labute approximate surface area is 519 Å². The van der Waals surface area contributed by atoms with Gasteiger partial charge in [-0.25, -0.2) is 0 Å². The Bertz CT molecular complexity index is 2930. The lowest BCUT2D eigenvalue weighted by Gasteiger charge is -2.42. The molecule has 3 aromatic rings. The van der Waals surface area contributed by atoms with E-state index in [1.54, 1.807) is 0 Å². The number of unbranched alkanes of at least 4 members (excludes halogenated alkanes) is 10. The molecule has 0 fully saturated rings. The fraction of sp³-hybridized carbons (Fsp3) is 0.571. The molecule has 6 nitrogen and oxygen atoms in total. The molecule has 546 valence electrons. The Morgan fingerprint density at radius 1 is 0.323 bits per heavy atom. The van der Waals surface area contributed by atoms with Gasteiger partial charge in [-0.05, 0) is 12.8 Å². The number of halogens is 34. The molecular weight excluding hydrogens is 1410 g/mol. The van der Waals surface area contributed by atoms with E-state index in [1.165, 1.54) is 0 Å². The van der Waals surface area contributed by atoms with Crippen molar-refractivity contribution in [1.29, 1.82) is 0 Å². The summed E-state index contributed by atoms with van der Waals surface area (Å²) in [7, 11) is 0. The first-order valence-electron chi connectivity index (χ1n) is 27.4. The van der Waals surface area contributed by atoms with Gasteiger partial charge in [0.15, 0.2) is 23.1 Å². The van der Waals surface area contributed by atoms with Crippen LogP contribution in [0.3, 0.4) is 0 Å². The summed E-state index contributed by atoms with van der Waals surface area (Å²) >= 11 is 0. The number of hydrogen-bond donors (Lipinski definition) is 2. The Balaban J connectivity index is 2.07. The van der Waals surface area contributed by atoms with Crippen molar-refractivity contribution < 1.29 is 168 Å². The predicted octanol–water partition coefficient (Wildman–Crippen LogP) is 21.7. The summed E-state index contributed by atoms with van der Waals surface area (Å²) in [6.07, 6.45) is -4.89. The van der Waals surface area contributed by atoms with Crippen molar-refractivity contribution in [3.05, 3.63) is 107 Å². The van der Waals surface area contributed by atoms with Crippen LogP contribution in [0.2, 0.25) is 0 Å². The second-order valence-corrected chi connectivity index (χ2v) is 21.0. The quantitative estimate of drug-likeness (QED) is 0.0258. The molecule has 0 unspecified atom stereocenters. The maximum atomic E-state index is 15.0. The van der Waals surface area contributed by atoms with Gasteiger partial charge in [-0.15, -0.1) is 0 Å². The fourth-order valence-corrected chi connectivity index (χ4v) is 8.14. The van der Waals surface area contributed by atoms with E-state index in [0.29, 0.717) is 50.2 Å². The number of ketones is 2. The SMILES string of the molecule is CCCCCCCCOc1cc(N/C=C\C(=O)c2ccc(C(F)(F)C(F)(F)C(F)(F)C(F)(F)C(F)(F)C(F)(F)C(F)(F)C(F)(F)F)cc2)c(N/C=C\C(=O)c2ccc(C(F)(F)C(F)(F)C(F)(F)C(F)(F)C(F)(F)C(F)(F)C(F)(F)C(F)(F)F)cc2)cc1OCCCCCCCC. The first-order valence-corrected chi connectivity index (χ1v) is 27.4. The molecule has 2 N–H and O–H groups in total. The zero-order chi connectivity index (χ0) is 74.4. The number of carbonyl (C=O) groups excluding carboxylic acids is 2. The third-order valence-corrected chi connectivity index (χ3v) is 14.0. The standard InChI is InChI=1S/C56H50F34N2O4/c1-3-5-7-9-11-13-27-95-39-29-35(91-25-23-37(93)31-15-19-33(20-16-31)41(57,58)43(61,62)45(65,66)47(69,70)49(73,74)51(77,78)53(81,82)55(85,86)87)36(30-40(39)96-28-14-12-10-8-6-4-2)92-26-24-38(94)32-17-21-34(22-18-32)42(59,60)44(63,64)46(67,68)48(71,72)50(75,76)52(79,80)54(83,84)56(88,89)90/h15-26,29-30,91-92H,3-14,27-28H2,1-2H3/b25-23-,26-24-. The van der Waals surface area contributed by atoms with E-state index in [9.17, 15) is 141 Å². The van der Waals surface area contributed by atoms with Crippen LogP contribution in [0.25, 0.3) is 0 Å². The lowest BCUT2D eigenvalue weighted by Crippen LogP contribution is -2.74. The first kappa shape index (κ1) is 83.5. The summed E-state index contributed by atoms with van der Waals surface area (Å²) in [5.41, 5.74) is -7.73. The molecule has 0 spiro atoms. The highest BCUT2D eigenvalue weighted by Crippen LogP contribution is 2.67. The number of allylic oxidation sites excluding steroid dienone is 2. The van der Waals surface area contributed by atoms with Crippen molar-refractivity contribution in [2.75, 3.05) is 23.8 Å². The highest BCUT2D eigenvalue weighted by Gasteiger charge is 2.97. The van der Waals surface area contributed by atoms with E-state index in [1.807, 2.05) is 13.8 Å². The summed E-state index contributed by atoms with van der Waals surface area (Å²) in [4.78, 5) is 26.3. The number of hydrogen-bond acceptors (Lipinski definition) is 6. The number of benzene rings is 3. The van der Waals surface area contributed by atoms with Crippen LogP contribution in [0.15, 0.2) is 85.2 Å². The first-order chi connectivity index (χ1) is 43.3. The Hall–Kier alpha value is -6.70. The molecule has 40 heteroatoms. The lowest BCUT2D eigenvalue weighted by atomic mass is 9.87. The normalized spacial score (nSPS) is 14.6. The molecule has 0 aromatic heterocycles. The number of ether oxygens (including phenoxy) is 2. The average molecular weight is 1460 g/mol. The molecule has 96 heavy (non-hydrogen) atoms. The molecule has 0 radical (unpaired) electrons. The van der Waals surface area contributed by atoms with Crippen molar-refractivity contribution in [2.45, 2.75) is 186 Å². The van der Waals surface area contributed by atoms with Gasteiger partial charge in [0.2, 0.25) is 0 Å². The molecule has 0 amide bonds. The molecule has 0 aliphatic carbocycles. The van der Waals surface area contributed by atoms with Crippen LogP contribution in [-0.4, -0.2) is 108 Å². The van der Waals surface area contributed by atoms with Gasteiger partial charge in [0, 0.05) is 58.9 Å². The second kappa shape index (κ2) is 29.4. The molecule has 0 bridgehead atoms. The smallest absolute Gasteiger partial charge is 0.460 e. The Morgan fingerprint density at radius 2 is 0.552 bits per heavy atom. The molecule has 0 heterocycles. The van der Waals surface area contributed by atoms with Crippen LogP contribution in [0.1, 0.15) is 123 Å². The van der Waals surface area contributed by atoms with E-state index in [4.69, 9.17) is 9.47 Å². The maximum Gasteiger partial charge on any atom is 0.460 e. The van der Waals surface area contributed by atoms with Gasteiger partial charge >= 0.3 is 95.3 Å². The molecule has 0 saturated carbocycles. The number of carbonyl (C=O) groups is 2. The largest absolute Gasteiger partial charge is 0.490 e. The van der Waals surface area contributed by atoms with E-state index in [0.717, 1.165) is 63.5 Å². The van der Waals surface area contributed by atoms with E-state index in [2.05, 4.69) is 10.6 Å². The number of nitrogens with one attached hydrogen (secondary N) is 2. The average Bonchev–Trinajstić information content (AvgIpc) is 0.700.